The van der Waals surface area contributed by atoms with E-state index in [1.807, 2.05) is 0 Å². The van der Waals surface area contributed by atoms with E-state index in [4.69, 9.17) is 5.11 Å². The lowest BCUT2D eigenvalue weighted by atomic mass is 10.1. The minimum Gasteiger partial charge on any atom is -0.480 e. The molecular weight excluding hydrogens is 342 g/mol. The van der Waals surface area contributed by atoms with Crippen LogP contribution in [-0.2, 0) is 24.0 Å². The highest BCUT2D eigenvalue weighted by atomic mass is 16.4. The molecule has 1 heterocycles. The number of carbonyl (C=O) groups is 5. The van der Waals surface area contributed by atoms with Gasteiger partial charge in [0.1, 0.15) is 6.04 Å². The Morgan fingerprint density at radius 3 is 2.19 bits per heavy atom. The number of nitrogens with one attached hydrogen (secondary N) is 2. The minimum absolute atomic E-state index is 0.208. The summed E-state index contributed by atoms with van der Waals surface area (Å²) < 4.78 is 0. The van der Waals surface area contributed by atoms with E-state index in [1.54, 1.807) is 13.8 Å². The van der Waals surface area contributed by atoms with Crippen molar-refractivity contribution < 1.29 is 29.1 Å². The van der Waals surface area contributed by atoms with Crippen LogP contribution in [0.25, 0.3) is 0 Å². The third-order valence-corrected chi connectivity index (χ3v) is 3.88. The van der Waals surface area contributed by atoms with Crippen molar-refractivity contribution in [3.63, 3.8) is 0 Å². The zero-order valence-electron chi connectivity index (χ0n) is 15.0. The highest BCUT2D eigenvalue weighted by molar-refractivity contribution is 6.12. The molecule has 1 rings (SSSR count). The molecule has 4 amide bonds. The second-order valence-electron chi connectivity index (χ2n) is 6.38. The van der Waals surface area contributed by atoms with Crippen molar-refractivity contribution >= 4 is 29.6 Å². The van der Waals surface area contributed by atoms with Crippen LogP contribution < -0.4 is 10.6 Å². The molecule has 0 spiro atoms. The summed E-state index contributed by atoms with van der Waals surface area (Å²) in [6.07, 6.45) is 4.48. The van der Waals surface area contributed by atoms with Crippen LogP contribution >= 0.6 is 0 Å². The summed E-state index contributed by atoms with van der Waals surface area (Å²) in [5, 5.41) is 13.8. The van der Waals surface area contributed by atoms with E-state index in [1.165, 1.54) is 12.2 Å². The number of rotatable bonds is 11. The number of hydrogen-bond acceptors (Lipinski definition) is 5. The first-order valence-corrected chi connectivity index (χ1v) is 8.54. The van der Waals surface area contributed by atoms with Crippen molar-refractivity contribution in [1.29, 1.82) is 0 Å². The standard InChI is InChI=1S/C17H25N3O6/c1-11(2)16(17(25)26)19-13(22)10-18-12(21)6-4-3-5-9-20-14(23)7-8-15(20)24/h7-8,11,16H,3-6,9-10H2,1-2H3,(H,18,21)(H,19,22)(H,25,26). The first-order chi connectivity index (χ1) is 12.2. The Hall–Kier alpha value is -2.71. The minimum atomic E-state index is -1.12. The van der Waals surface area contributed by atoms with Crippen LogP contribution in [0.2, 0.25) is 0 Å². The van der Waals surface area contributed by atoms with Crippen LogP contribution in [0, 0.1) is 5.92 Å². The zero-order valence-corrected chi connectivity index (χ0v) is 15.0. The van der Waals surface area contributed by atoms with Gasteiger partial charge in [-0.15, -0.1) is 0 Å². The van der Waals surface area contributed by atoms with Crippen molar-refractivity contribution in [3.05, 3.63) is 12.2 Å². The molecule has 0 aliphatic carbocycles. The summed E-state index contributed by atoms with van der Waals surface area (Å²) in [6.45, 7) is 3.40. The van der Waals surface area contributed by atoms with E-state index in [2.05, 4.69) is 10.6 Å². The molecule has 0 fully saturated rings. The number of aliphatic carboxylic acids is 1. The predicted molar refractivity (Wildman–Crippen MR) is 91.7 cm³/mol. The lowest BCUT2D eigenvalue weighted by Gasteiger charge is -2.18. The zero-order chi connectivity index (χ0) is 19.7. The molecule has 0 radical (unpaired) electrons. The molecule has 3 N–H and O–H groups in total. The fraction of sp³-hybridized carbons (Fsp3) is 0.588. The van der Waals surface area contributed by atoms with Crippen LogP contribution in [-0.4, -0.2) is 58.7 Å². The second kappa shape index (κ2) is 10.3. The summed E-state index contributed by atoms with van der Waals surface area (Å²) >= 11 is 0. The molecule has 9 nitrogen and oxygen atoms in total. The number of carbonyl (C=O) groups excluding carboxylic acids is 4. The molecule has 0 aromatic carbocycles. The van der Waals surface area contributed by atoms with Gasteiger partial charge in [-0.1, -0.05) is 20.3 Å². The number of unbranched alkanes of at least 4 members (excludes halogenated alkanes) is 2. The molecule has 0 bridgehead atoms. The van der Waals surface area contributed by atoms with Crippen molar-refractivity contribution in [2.75, 3.05) is 13.1 Å². The van der Waals surface area contributed by atoms with E-state index in [9.17, 15) is 24.0 Å². The lowest BCUT2D eigenvalue weighted by molar-refractivity contribution is -0.143. The number of nitrogens with zero attached hydrogens (tertiary/aromatic N) is 1. The SMILES string of the molecule is CC(C)C(NC(=O)CNC(=O)CCCCCN1C(=O)C=CC1=O)C(=O)O. The first-order valence-electron chi connectivity index (χ1n) is 8.54. The maximum absolute atomic E-state index is 11.7. The quantitative estimate of drug-likeness (QED) is 0.342. The van der Waals surface area contributed by atoms with E-state index in [0.29, 0.717) is 25.8 Å². The Morgan fingerprint density at radius 2 is 1.65 bits per heavy atom. The van der Waals surface area contributed by atoms with Crippen LogP contribution in [0.4, 0.5) is 0 Å². The summed E-state index contributed by atoms with van der Waals surface area (Å²) in [5.41, 5.74) is 0. The van der Waals surface area contributed by atoms with Gasteiger partial charge >= 0.3 is 5.97 Å². The Bertz CT molecular complexity index is 581. The van der Waals surface area contributed by atoms with Gasteiger partial charge in [0.05, 0.1) is 6.54 Å². The van der Waals surface area contributed by atoms with E-state index >= 15 is 0 Å². The van der Waals surface area contributed by atoms with Gasteiger partial charge in [-0.05, 0) is 18.8 Å². The van der Waals surface area contributed by atoms with Gasteiger partial charge in [0.15, 0.2) is 0 Å². The number of amides is 4. The average Bonchev–Trinajstić information content (AvgIpc) is 2.88. The maximum atomic E-state index is 11.7. The third-order valence-electron chi connectivity index (χ3n) is 3.88. The van der Waals surface area contributed by atoms with Crippen molar-refractivity contribution in [1.82, 2.24) is 15.5 Å². The second-order valence-corrected chi connectivity index (χ2v) is 6.38. The van der Waals surface area contributed by atoms with Gasteiger partial charge < -0.3 is 15.7 Å². The Morgan fingerprint density at radius 1 is 1.04 bits per heavy atom. The number of carboxylic acid groups (broad SMARTS) is 1. The highest BCUT2D eigenvalue weighted by Gasteiger charge is 2.23. The molecule has 1 aliphatic heterocycles. The predicted octanol–water partition coefficient (Wildman–Crippen LogP) is -0.187. The van der Waals surface area contributed by atoms with E-state index in [-0.39, 0.29) is 36.6 Å². The van der Waals surface area contributed by atoms with E-state index in [0.717, 1.165) is 4.90 Å². The molecule has 0 saturated heterocycles. The smallest absolute Gasteiger partial charge is 0.326 e. The molecule has 0 saturated carbocycles. The van der Waals surface area contributed by atoms with Gasteiger partial charge in [-0.3, -0.25) is 24.1 Å². The largest absolute Gasteiger partial charge is 0.480 e. The van der Waals surface area contributed by atoms with Crippen LogP contribution in [0.3, 0.4) is 0 Å². The summed E-state index contributed by atoms with van der Waals surface area (Å²) in [7, 11) is 0. The average molecular weight is 367 g/mol. The van der Waals surface area contributed by atoms with Gasteiger partial charge in [-0.25, -0.2) is 4.79 Å². The van der Waals surface area contributed by atoms with Gasteiger partial charge in [0, 0.05) is 25.1 Å². The highest BCUT2D eigenvalue weighted by Crippen LogP contribution is 2.07. The Labute approximate surface area is 151 Å². The number of imide groups is 1. The van der Waals surface area contributed by atoms with Crippen LogP contribution in [0.15, 0.2) is 12.2 Å². The normalized spacial score (nSPS) is 14.7. The molecule has 1 atom stereocenters. The fourth-order valence-corrected chi connectivity index (χ4v) is 2.39. The number of carboxylic acids is 1. The van der Waals surface area contributed by atoms with Gasteiger partial charge in [0.2, 0.25) is 11.8 Å². The van der Waals surface area contributed by atoms with Crippen LogP contribution in [0.5, 0.6) is 0 Å². The summed E-state index contributed by atoms with van der Waals surface area (Å²) in [5.74, 6) is -2.90. The summed E-state index contributed by atoms with van der Waals surface area (Å²) in [4.78, 5) is 58.2. The number of hydrogen-bond donors (Lipinski definition) is 3. The molecule has 1 aliphatic rings. The molecule has 0 aromatic rings. The maximum Gasteiger partial charge on any atom is 0.326 e. The van der Waals surface area contributed by atoms with Crippen molar-refractivity contribution in [2.45, 2.75) is 45.6 Å². The van der Waals surface area contributed by atoms with Gasteiger partial charge in [-0.2, -0.15) is 0 Å². The first kappa shape index (κ1) is 21.3. The van der Waals surface area contributed by atoms with Gasteiger partial charge in [0.25, 0.3) is 11.8 Å². The Balaban J connectivity index is 2.15. The summed E-state index contributed by atoms with van der Waals surface area (Å²) in [6, 6.07) is -0.995. The molecule has 0 aromatic heterocycles. The molecule has 144 valence electrons. The molecular formula is C17H25N3O6. The van der Waals surface area contributed by atoms with Crippen LogP contribution in [0.1, 0.15) is 39.5 Å². The third kappa shape index (κ3) is 7.04. The molecule has 9 heteroatoms. The van der Waals surface area contributed by atoms with E-state index < -0.39 is 17.9 Å². The lowest BCUT2D eigenvalue weighted by Crippen LogP contribution is -2.48. The van der Waals surface area contributed by atoms with Crippen molar-refractivity contribution in [2.24, 2.45) is 5.92 Å². The topological polar surface area (TPSA) is 133 Å². The van der Waals surface area contributed by atoms with Crippen molar-refractivity contribution in [3.8, 4) is 0 Å². The monoisotopic (exact) mass is 367 g/mol. The molecule has 26 heavy (non-hydrogen) atoms. The Kier molecular flexibility index (Phi) is 8.47. The fourth-order valence-electron chi connectivity index (χ4n) is 2.39. The molecule has 1 unspecified atom stereocenters.